The lowest BCUT2D eigenvalue weighted by Crippen LogP contribution is -2.38. The van der Waals surface area contributed by atoms with Gasteiger partial charge in [0.05, 0.1) is 6.10 Å². The molecule has 5 nitrogen and oxygen atoms in total. The molecule has 2 rings (SSSR count). The summed E-state index contributed by atoms with van der Waals surface area (Å²) >= 11 is 0. The molecule has 0 saturated carbocycles. The highest BCUT2D eigenvalue weighted by Crippen LogP contribution is 2.20. The molecule has 0 radical (unpaired) electrons. The maximum Gasteiger partial charge on any atom is 0.313 e. The summed E-state index contributed by atoms with van der Waals surface area (Å²) < 4.78 is 13.0. The average molecular weight is 280 g/mol. The van der Waals surface area contributed by atoms with E-state index in [0.29, 0.717) is 19.5 Å². The first kappa shape index (κ1) is 14.5. The van der Waals surface area contributed by atoms with Crippen LogP contribution >= 0.6 is 0 Å². The van der Waals surface area contributed by atoms with Crippen molar-refractivity contribution in [1.29, 1.82) is 0 Å². The van der Waals surface area contributed by atoms with Crippen LogP contribution in [0.2, 0.25) is 0 Å². The second-order valence-corrected chi connectivity index (χ2v) is 5.00. The molecule has 1 fully saturated rings. The van der Waals surface area contributed by atoms with Crippen molar-refractivity contribution in [2.75, 3.05) is 18.4 Å². The molecular formula is C14H17FN2O3. The van der Waals surface area contributed by atoms with Crippen LogP contribution in [0.1, 0.15) is 13.3 Å². The van der Waals surface area contributed by atoms with E-state index in [1.165, 1.54) is 23.1 Å². The zero-order valence-electron chi connectivity index (χ0n) is 11.2. The fraction of sp³-hybridized carbons (Fsp3) is 0.429. The molecule has 1 saturated heterocycles. The van der Waals surface area contributed by atoms with E-state index in [-0.39, 0.29) is 11.6 Å². The van der Waals surface area contributed by atoms with E-state index >= 15 is 0 Å². The van der Waals surface area contributed by atoms with Gasteiger partial charge in [0.25, 0.3) is 0 Å². The summed E-state index contributed by atoms with van der Waals surface area (Å²) in [5.41, 5.74) is 0.245. The van der Waals surface area contributed by atoms with Gasteiger partial charge in [0, 0.05) is 24.7 Å². The number of aliphatic hydroxyl groups excluding tert-OH is 1. The summed E-state index contributed by atoms with van der Waals surface area (Å²) in [7, 11) is 0. The summed E-state index contributed by atoms with van der Waals surface area (Å²) in [5, 5.41) is 11.8. The third kappa shape index (κ3) is 3.33. The maximum atomic E-state index is 13.0. The molecule has 0 bridgehead atoms. The first-order valence-electron chi connectivity index (χ1n) is 6.51. The standard InChI is InChI=1S/C14H17FN2O3/c1-9(18)10-5-6-17(8-10)14(20)13(19)16-12-4-2-3-11(15)7-12/h2-4,7,9-10,18H,5-6,8H2,1H3,(H,16,19). The Balaban J connectivity index is 1.95. The molecule has 108 valence electrons. The molecular weight excluding hydrogens is 263 g/mol. The minimum Gasteiger partial charge on any atom is -0.393 e. The van der Waals surface area contributed by atoms with Crippen LogP contribution in [-0.2, 0) is 9.59 Å². The maximum absolute atomic E-state index is 13.0. The number of likely N-dealkylation sites (tertiary alicyclic amines) is 1. The molecule has 2 amide bonds. The van der Waals surface area contributed by atoms with E-state index < -0.39 is 23.7 Å². The van der Waals surface area contributed by atoms with Gasteiger partial charge in [-0.15, -0.1) is 0 Å². The van der Waals surface area contributed by atoms with Crippen molar-refractivity contribution in [2.24, 2.45) is 5.92 Å². The minimum absolute atomic E-state index is 0.000852. The zero-order valence-corrected chi connectivity index (χ0v) is 11.2. The van der Waals surface area contributed by atoms with Crippen molar-refractivity contribution >= 4 is 17.5 Å². The monoisotopic (exact) mass is 280 g/mol. The van der Waals surface area contributed by atoms with Crippen molar-refractivity contribution < 1.29 is 19.1 Å². The topological polar surface area (TPSA) is 69.6 Å². The van der Waals surface area contributed by atoms with E-state index in [2.05, 4.69) is 5.32 Å². The molecule has 0 aromatic heterocycles. The molecule has 2 N–H and O–H groups in total. The van der Waals surface area contributed by atoms with E-state index in [0.717, 1.165) is 6.07 Å². The van der Waals surface area contributed by atoms with Crippen LogP contribution < -0.4 is 5.32 Å². The molecule has 6 heteroatoms. The Hall–Kier alpha value is -1.95. The smallest absolute Gasteiger partial charge is 0.313 e. The number of hydrogen-bond donors (Lipinski definition) is 2. The molecule has 2 unspecified atom stereocenters. The number of hydrogen-bond acceptors (Lipinski definition) is 3. The van der Waals surface area contributed by atoms with Gasteiger partial charge in [0.2, 0.25) is 0 Å². The number of amides is 2. The molecule has 1 aromatic rings. The van der Waals surface area contributed by atoms with Crippen LogP contribution in [0.25, 0.3) is 0 Å². The number of benzene rings is 1. The van der Waals surface area contributed by atoms with Gasteiger partial charge >= 0.3 is 11.8 Å². The first-order chi connectivity index (χ1) is 9.47. The number of halogens is 1. The van der Waals surface area contributed by atoms with Gasteiger partial charge < -0.3 is 15.3 Å². The number of anilines is 1. The van der Waals surface area contributed by atoms with E-state index in [1.807, 2.05) is 0 Å². The minimum atomic E-state index is -0.790. The lowest BCUT2D eigenvalue weighted by molar-refractivity contribution is -0.142. The highest BCUT2D eigenvalue weighted by molar-refractivity contribution is 6.39. The Morgan fingerprint density at radius 2 is 2.25 bits per heavy atom. The van der Waals surface area contributed by atoms with Gasteiger partial charge in [0.15, 0.2) is 0 Å². The SMILES string of the molecule is CC(O)C1CCN(C(=O)C(=O)Nc2cccc(F)c2)C1. The predicted octanol–water partition coefficient (Wildman–Crippen LogP) is 0.993. The van der Waals surface area contributed by atoms with Crippen LogP contribution in [0.5, 0.6) is 0 Å². The summed E-state index contributed by atoms with van der Waals surface area (Å²) in [6.45, 7) is 2.49. The van der Waals surface area contributed by atoms with E-state index in [4.69, 9.17) is 0 Å². The Bertz CT molecular complexity index is 519. The first-order valence-corrected chi connectivity index (χ1v) is 6.51. The third-order valence-electron chi connectivity index (χ3n) is 3.47. The highest BCUT2D eigenvalue weighted by Gasteiger charge is 2.32. The number of nitrogens with zero attached hydrogens (tertiary/aromatic N) is 1. The fourth-order valence-corrected chi connectivity index (χ4v) is 2.26. The Morgan fingerprint density at radius 3 is 2.85 bits per heavy atom. The fourth-order valence-electron chi connectivity index (χ4n) is 2.26. The van der Waals surface area contributed by atoms with Gasteiger partial charge in [-0.05, 0) is 31.5 Å². The van der Waals surface area contributed by atoms with Crippen molar-refractivity contribution in [2.45, 2.75) is 19.4 Å². The predicted molar refractivity (Wildman–Crippen MR) is 71.4 cm³/mol. The summed E-state index contributed by atoms with van der Waals surface area (Å²) in [6.07, 6.45) is 0.176. The number of carbonyl (C=O) groups excluding carboxylic acids is 2. The van der Waals surface area contributed by atoms with E-state index in [1.54, 1.807) is 6.92 Å². The van der Waals surface area contributed by atoms with Crippen LogP contribution in [0.15, 0.2) is 24.3 Å². The molecule has 2 atom stereocenters. The van der Waals surface area contributed by atoms with Crippen molar-refractivity contribution in [3.63, 3.8) is 0 Å². The van der Waals surface area contributed by atoms with Crippen molar-refractivity contribution in [3.8, 4) is 0 Å². The molecule has 1 aliphatic rings. The summed E-state index contributed by atoms with van der Waals surface area (Å²) in [5.74, 6) is -1.93. The van der Waals surface area contributed by atoms with Crippen LogP contribution in [0.3, 0.4) is 0 Å². The largest absolute Gasteiger partial charge is 0.393 e. The molecule has 1 aliphatic heterocycles. The second kappa shape index (κ2) is 6.00. The van der Waals surface area contributed by atoms with Crippen molar-refractivity contribution in [3.05, 3.63) is 30.1 Å². The van der Waals surface area contributed by atoms with Gasteiger partial charge in [0.1, 0.15) is 5.82 Å². The van der Waals surface area contributed by atoms with E-state index in [9.17, 15) is 19.1 Å². The van der Waals surface area contributed by atoms with Crippen LogP contribution in [-0.4, -0.2) is 41.0 Å². The lowest BCUT2D eigenvalue weighted by atomic mass is 10.0. The molecule has 1 heterocycles. The van der Waals surface area contributed by atoms with Crippen molar-refractivity contribution in [1.82, 2.24) is 4.90 Å². The Morgan fingerprint density at radius 1 is 1.50 bits per heavy atom. The molecule has 20 heavy (non-hydrogen) atoms. The average Bonchev–Trinajstić information content (AvgIpc) is 2.87. The zero-order chi connectivity index (χ0) is 14.7. The molecule has 1 aromatic carbocycles. The quantitative estimate of drug-likeness (QED) is 0.794. The normalized spacial score (nSPS) is 19.8. The van der Waals surface area contributed by atoms with Crippen LogP contribution in [0, 0.1) is 11.7 Å². The van der Waals surface area contributed by atoms with Gasteiger partial charge in [-0.3, -0.25) is 9.59 Å². The molecule has 0 spiro atoms. The second-order valence-electron chi connectivity index (χ2n) is 5.00. The van der Waals surface area contributed by atoms with Gasteiger partial charge in [-0.2, -0.15) is 0 Å². The summed E-state index contributed by atoms with van der Waals surface area (Å²) in [4.78, 5) is 25.2. The lowest BCUT2D eigenvalue weighted by Gasteiger charge is -2.17. The number of carbonyl (C=O) groups is 2. The number of nitrogens with one attached hydrogen (secondary N) is 1. The third-order valence-corrected chi connectivity index (χ3v) is 3.47. The number of rotatable bonds is 2. The van der Waals surface area contributed by atoms with Crippen LogP contribution in [0.4, 0.5) is 10.1 Å². The Labute approximate surface area is 116 Å². The number of aliphatic hydroxyl groups is 1. The highest BCUT2D eigenvalue weighted by atomic mass is 19.1. The summed E-state index contributed by atoms with van der Waals surface area (Å²) in [6, 6.07) is 5.37. The Kier molecular flexibility index (Phi) is 4.34. The molecule has 0 aliphatic carbocycles. The van der Waals surface area contributed by atoms with Gasteiger partial charge in [-0.25, -0.2) is 4.39 Å². The van der Waals surface area contributed by atoms with Gasteiger partial charge in [-0.1, -0.05) is 6.07 Å².